The van der Waals surface area contributed by atoms with E-state index in [4.69, 9.17) is 4.42 Å². The molecule has 6 heteroatoms. The first kappa shape index (κ1) is 20.2. The molecule has 0 spiro atoms. The predicted octanol–water partition coefficient (Wildman–Crippen LogP) is 5.72. The Hall–Kier alpha value is -3.12. The number of ketones is 1. The van der Waals surface area contributed by atoms with E-state index < -0.39 is 5.25 Å². The molecule has 0 radical (unpaired) electrons. The Kier molecular flexibility index (Phi) is 5.59. The Morgan fingerprint density at radius 1 is 0.933 bits per heavy atom. The van der Waals surface area contributed by atoms with Gasteiger partial charge in [0.05, 0.1) is 11.8 Å². The molecule has 0 aliphatic heterocycles. The van der Waals surface area contributed by atoms with Crippen LogP contribution in [0.4, 0.5) is 0 Å². The van der Waals surface area contributed by atoms with Crippen molar-refractivity contribution in [2.45, 2.75) is 31.2 Å². The summed E-state index contributed by atoms with van der Waals surface area (Å²) >= 11 is 1.41. The van der Waals surface area contributed by atoms with E-state index in [1.165, 1.54) is 11.8 Å². The lowest BCUT2D eigenvalue weighted by Gasteiger charge is -2.16. The zero-order valence-corrected chi connectivity index (χ0v) is 18.2. The van der Waals surface area contributed by atoms with Crippen LogP contribution in [0.1, 0.15) is 38.1 Å². The van der Waals surface area contributed by atoms with Gasteiger partial charge in [-0.3, -0.25) is 4.79 Å². The molecule has 0 aliphatic carbocycles. The second-order valence-corrected chi connectivity index (χ2v) is 8.47. The van der Waals surface area contributed by atoms with Crippen molar-refractivity contribution in [3.63, 3.8) is 0 Å². The maximum atomic E-state index is 13.5. The first-order chi connectivity index (χ1) is 14.4. The molecule has 0 unspecified atom stereocenters. The average molecular weight is 418 g/mol. The van der Waals surface area contributed by atoms with Gasteiger partial charge in [-0.15, -0.1) is 10.2 Å². The number of carbonyl (C=O) groups is 1. The fourth-order valence-electron chi connectivity index (χ4n) is 3.26. The Morgan fingerprint density at radius 2 is 1.57 bits per heavy atom. The molecule has 0 saturated heterocycles. The minimum atomic E-state index is -0.422. The topological polar surface area (TPSA) is 60.9 Å². The van der Waals surface area contributed by atoms with Crippen LogP contribution < -0.4 is 0 Å². The van der Waals surface area contributed by atoms with Gasteiger partial charge in [0, 0.05) is 12.6 Å². The quantitative estimate of drug-likeness (QED) is 0.297. The highest BCUT2D eigenvalue weighted by molar-refractivity contribution is 8.00. The fraction of sp³-hybridized carbons (Fsp3) is 0.208. The van der Waals surface area contributed by atoms with Crippen molar-refractivity contribution in [2.24, 2.45) is 7.05 Å². The van der Waals surface area contributed by atoms with Gasteiger partial charge in [-0.25, -0.2) is 0 Å². The van der Waals surface area contributed by atoms with E-state index in [0.29, 0.717) is 16.5 Å². The number of hydrogen-bond donors (Lipinski definition) is 0. The molecular weight excluding hydrogens is 394 g/mol. The maximum absolute atomic E-state index is 13.5. The minimum absolute atomic E-state index is 0.0490. The molecule has 4 rings (SSSR count). The van der Waals surface area contributed by atoms with Crippen LogP contribution in [-0.4, -0.2) is 20.5 Å². The molecular formula is C24H23N3O2S. The van der Waals surface area contributed by atoms with Gasteiger partial charge in [0.1, 0.15) is 11.0 Å². The normalized spacial score (nSPS) is 12.1. The van der Waals surface area contributed by atoms with Gasteiger partial charge < -0.3 is 8.98 Å². The number of aryl methyl sites for hydroxylation is 3. The first-order valence-electron chi connectivity index (χ1n) is 9.72. The van der Waals surface area contributed by atoms with Gasteiger partial charge in [0.2, 0.25) is 0 Å². The molecule has 2 aromatic heterocycles. The molecule has 152 valence electrons. The van der Waals surface area contributed by atoms with Gasteiger partial charge >= 0.3 is 0 Å². The number of aromatic nitrogens is 3. The summed E-state index contributed by atoms with van der Waals surface area (Å²) in [7, 11) is 1.91. The molecule has 30 heavy (non-hydrogen) atoms. The third kappa shape index (κ3) is 3.96. The second-order valence-electron chi connectivity index (χ2n) is 7.39. The molecule has 0 bridgehead atoms. The summed E-state index contributed by atoms with van der Waals surface area (Å²) in [6.45, 7) is 5.95. The third-order valence-corrected chi connectivity index (χ3v) is 6.40. The molecule has 2 heterocycles. The fourth-order valence-corrected chi connectivity index (χ4v) is 4.34. The van der Waals surface area contributed by atoms with E-state index in [-0.39, 0.29) is 5.78 Å². The van der Waals surface area contributed by atoms with Gasteiger partial charge in [-0.1, -0.05) is 71.4 Å². The van der Waals surface area contributed by atoms with E-state index in [2.05, 4.69) is 10.2 Å². The number of Topliss-reactive ketones (excluding diaryl/α,β-unsaturated/α-hetero) is 1. The summed E-state index contributed by atoms with van der Waals surface area (Å²) < 4.78 is 7.32. The second kappa shape index (κ2) is 8.32. The van der Waals surface area contributed by atoms with Crippen molar-refractivity contribution < 1.29 is 9.21 Å². The first-order valence-corrected chi connectivity index (χ1v) is 10.6. The summed E-state index contributed by atoms with van der Waals surface area (Å²) in [4.78, 5) is 13.5. The molecule has 1 atom stereocenters. The summed E-state index contributed by atoms with van der Waals surface area (Å²) in [6.07, 6.45) is 1.64. The molecule has 0 saturated carbocycles. The monoisotopic (exact) mass is 417 g/mol. The van der Waals surface area contributed by atoms with Crippen molar-refractivity contribution in [2.75, 3.05) is 0 Å². The predicted molar refractivity (Wildman–Crippen MR) is 119 cm³/mol. The van der Waals surface area contributed by atoms with E-state index >= 15 is 0 Å². The largest absolute Gasteiger partial charge is 0.469 e. The van der Waals surface area contributed by atoms with E-state index in [1.807, 2.05) is 87.0 Å². The van der Waals surface area contributed by atoms with Gasteiger partial charge in [0.25, 0.3) is 0 Å². The highest BCUT2D eigenvalue weighted by Gasteiger charge is 2.26. The summed E-state index contributed by atoms with van der Waals surface area (Å²) in [5.41, 5.74) is 4.81. The van der Waals surface area contributed by atoms with Crippen LogP contribution in [0.3, 0.4) is 0 Å². The average Bonchev–Trinajstić information content (AvgIpc) is 3.32. The van der Waals surface area contributed by atoms with Crippen LogP contribution in [0.5, 0.6) is 0 Å². The number of benzene rings is 2. The summed E-state index contributed by atoms with van der Waals surface area (Å²) in [5, 5.41) is 8.97. The lowest BCUT2D eigenvalue weighted by molar-refractivity contribution is 0.0989. The van der Waals surface area contributed by atoms with Gasteiger partial charge in [0.15, 0.2) is 16.8 Å². The minimum Gasteiger partial charge on any atom is -0.469 e. The number of carbonyl (C=O) groups excluding carboxylic acids is 1. The Morgan fingerprint density at radius 3 is 2.17 bits per heavy atom. The van der Waals surface area contributed by atoms with Crippen LogP contribution in [0.15, 0.2) is 70.4 Å². The zero-order valence-electron chi connectivity index (χ0n) is 17.4. The third-order valence-electron chi connectivity index (χ3n) is 5.11. The van der Waals surface area contributed by atoms with Gasteiger partial charge in [-0.2, -0.15) is 0 Å². The molecule has 0 N–H and O–H groups in total. The van der Waals surface area contributed by atoms with Crippen molar-refractivity contribution in [3.05, 3.63) is 88.9 Å². The van der Waals surface area contributed by atoms with Crippen LogP contribution in [-0.2, 0) is 7.05 Å². The van der Waals surface area contributed by atoms with Gasteiger partial charge in [-0.05, 0) is 32.4 Å². The van der Waals surface area contributed by atoms with E-state index in [1.54, 1.807) is 6.26 Å². The standard InChI is InChI=1S/C24H23N3O2S/c1-15-5-9-18(10-6-15)21(28)22(19-11-7-16(2)8-12-19)30-24-26-25-23(27(24)4)20-13-14-29-17(20)3/h5-14,22H,1-4H3/t22-/m0/s1. The van der Waals surface area contributed by atoms with Crippen LogP contribution in [0.2, 0.25) is 0 Å². The number of rotatable bonds is 6. The highest BCUT2D eigenvalue weighted by atomic mass is 32.2. The summed E-state index contributed by atoms with van der Waals surface area (Å²) in [5.74, 6) is 1.55. The number of hydrogen-bond acceptors (Lipinski definition) is 5. The summed E-state index contributed by atoms with van der Waals surface area (Å²) in [6, 6.07) is 17.7. The van der Waals surface area contributed by atoms with Crippen molar-refractivity contribution in [3.8, 4) is 11.4 Å². The molecule has 0 amide bonds. The Balaban J connectivity index is 1.71. The smallest absolute Gasteiger partial charge is 0.192 e. The van der Waals surface area contributed by atoms with Crippen LogP contribution >= 0.6 is 11.8 Å². The maximum Gasteiger partial charge on any atom is 0.192 e. The van der Waals surface area contributed by atoms with Crippen molar-refractivity contribution >= 4 is 17.5 Å². The number of nitrogens with zero attached hydrogens (tertiary/aromatic N) is 3. The van der Waals surface area contributed by atoms with E-state index in [0.717, 1.165) is 28.0 Å². The van der Waals surface area contributed by atoms with E-state index in [9.17, 15) is 4.79 Å². The lowest BCUT2D eigenvalue weighted by Crippen LogP contribution is -2.11. The molecule has 0 fully saturated rings. The van der Waals surface area contributed by atoms with Crippen molar-refractivity contribution in [1.82, 2.24) is 14.8 Å². The zero-order chi connectivity index (χ0) is 21.3. The lowest BCUT2D eigenvalue weighted by atomic mass is 10.0. The van der Waals surface area contributed by atoms with Crippen LogP contribution in [0.25, 0.3) is 11.4 Å². The Labute approximate surface area is 180 Å². The number of thioether (sulfide) groups is 1. The molecule has 2 aromatic carbocycles. The van der Waals surface area contributed by atoms with Crippen LogP contribution in [0, 0.1) is 20.8 Å². The SMILES string of the molecule is Cc1ccc(C(=O)[C@@H](Sc2nnc(-c3ccoc3C)n2C)c2ccc(C)cc2)cc1. The molecule has 5 nitrogen and oxygen atoms in total. The van der Waals surface area contributed by atoms with Crippen molar-refractivity contribution in [1.29, 1.82) is 0 Å². The molecule has 0 aliphatic rings. The Bertz CT molecular complexity index is 1170. The number of furan rings is 1. The highest BCUT2D eigenvalue weighted by Crippen LogP contribution is 2.38. The molecule has 4 aromatic rings.